The predicted octanol–water partition coefficient (Wildman–Crippen LogP) is 5.27. The van der Waals surface area contributed by atoms with E-state index in [2.05, 4.69) is 0 Å². The zero-order chi connectivity index (χ0) is 23.2. The van der Waals surface area contributed by atoms with Gasteiger partial charge in [0.05, 0.1) is 22.7 Å². The minimum atomic E-state index is -0.773. The first-order chi connectivity index (χ1) is 15.0. The lowest BCUT2D eigenvalue weighted by Gasteiger charge is -2.30. The summed E-state index contributed by atoms with van der Waals surface area (Å²) < 4.78 is 36.1. The van der Waals surface area contributed by atoms with E-state index in [0.717, 1.165) is 30.5 Å². The lowest BCUT2D eigenvalue weighted by atomic mass is 10.1. The van der Waals surface area contributed by atoms with Crippen LogP contribution < -0.4 is 0 Å². The summed E-state index contributed by atoms with van der Waals surface area (Å²) in [4.78, 5) is 27.7. The zero-order valence-electron chi connectivity index (χ0n) is 18.4. The van der Waals surface area contributed by atoms with Crippen molar-refractivity contribution in [3.63, 3.8) is 0 Å². The van der Waals surface area contributed by atoms with Crippen molar-refractivity contribution < 1.29 is 23.1 Å². The van der Waals surface area contributed by atoms with Gasteiger partial charge in [-0.25, -0.2) is 18.1 Å². The van der Waals surface area contributed by atoms with Crippen LogP contribution in [0, 0.1) is 17.6 Å². The number of hydrogen-bond acceptors (Lipinski definition) is 4. The average Bonchev–Trinajstić information content (AvgIpc) is 3.47. The van der Waals surface area contributed by atoms with Crippen LogP contribution >= 0.6 is 12.2 Å². The number of halogens is 2. The molecule has 32 heavy (non-hydrogen) atoms. The molecule has 1 aromatic heterocycles. The Kier molecular flexibility index (Phi) is 5.92. The van der Waals surface area contributed by atoms with Crippen LogP contribution in [-0.2, 0) is 22.5 Å². The molecule has 0 bridgehead atoms. The Labute approximate surface area is 191 Å². The number of carbonyl (C=O) groups excluding carboxylic acids is 2. The fourth-order valence-electron chi connectivity index (χ4n) is 4.00. The number of aromatic nitrogens is 1. The highest BCUT2D eigenvalue weighted by molar-refractivity contribution is 7.80. The zero-order valence-corrected chi connectivity index (χ0v) is 19.2. The summed E-state index contributed by atoms with van der Waals surface area (Å²) in [5, 5.41) is 0. The van der Waals surface area contributed by atoms with E-state index in [0.29, 0.717) is 30.2 Å². The van der Waals surface area contributed by atoms with Crippen molar-refractivity contribution in [2.24, 2.45) is 5.92 Å². The van der Waals surface area contributed by atoms with Crippen molar-refractivity contribution >= 4 is 29.1 Å². The molecule has 1 saturated carbocycles. The average molecular weight is 461 g/mol. The van der Waals surface area contributed by atoms with E-state index in [1.165, 1.54) is 10.6 Å². The Morgan fingerprint density at radius 2 is 1.84 bits per heavy atom. The molecule has 0 unspecified atom stereocenters. The number of benzene rings is 1. The van der Waals surface area contributed by atoms with E-state index in [9.17, 15) is 18.4 Å². The van der Waals surface area contributed by atoms with E-state index in [1.807, 2.05) is 4.90 Å². The van der Waals surface area contributed by atoms with E-state index in [1.54, 1.807) is 26.8 Å². The maximum atomic E-state index is 14.6. The van der Waals surface area contributed by atoms with Crippen molar-refractivity contribution in [3.05, 3.63) is 47.2 Å². The number of Topliss-reactive ketones (excluding diaryl/α,β-unsaturated/α-hetero) is 1. The number of rotatable bonds is 4. The third kappa shape index (κ3) is 4.60. The van der Waals surface area contributed by atoms with E-state index in [4.69, 9.17) is 17.0 Å². The number of ether oxygens (including phenoxy) is 1. The van der Waals surface area contributed by atoms with Gasteiger partial charge in [0.25, 0.3) is 0 Å². The third-order valence-electron chi connectivity index (χ3n) is 5.68. The van der Waals surface area contributed by atoms with E-state index in [-0.39, 0.29) is 29.4 Å². The highest BCUT2D eigenvalue weighted by atomic mass is 32.1. The second-order valence-corrected chi connectivity index (χ2v) is 9.87. The molecule has 1 fully saturated rings. The first-order valence-electron chi connectivity index (χ1n) is 10.8. The number of carbonyl (C=O) groups is 2. The Morgan fingerprint density at radius 1 is 1.19 bits per heavy atom. The lowest BCUT2D eigenvalue weighted by molar-refractivity contribution is -0.119. The Balaban J connectivity index is 1.70. The van der Waals surface area contributed by atoms with Gasteiger partial charge >= 0.3 is 6.09 Å². The van der Waals surface area contributed by atoms with E-state index >= 15 is 0 Å². The quantitative estimate of drug-likeness (QED) is 0.582. The Morgan fingerprint density at radius 3 is 2.44 bits per heavy atom. The summed E-state index contributed by atoms with van der Waals surface area (Å²) in [5.74, 6) is -1.21. The highest BCUT2D eigenvalue weighted by Gasteiger charge is 2.33. The highest BCUT2D eigenvalue weighted by Crippen LogP contribution is 2.35. The van der Waals surface area contributed by atoms with Crippen molar-refractivity contribution in [3.8, 4) is 11.3 Å². The molecule has 5 nitrogen and oxygen atoms in total. The molecule has 2 aromatic rings. The predicted molar refractivity (Wildman–Crippen MR) is 120 cm³/mol. The molecule has 170 valence electrons. The monoisotopic (exact) mass is 460 g/mol. The van der Waals surface area contributed by atoms with Crippen LogP contribution in [0.3, 0.4) is 0 Å². The number of fused-ring (bicyclic) bond motifs is 1. The lowest BCUT2D eigenvalue weighted by Crippen LogP contribution is -2.37. The molecule has 4 rings (SSSR count). The van der Waals surface area contributed by atoms with Crippen LogP contribution in [-0.4, -0.2) is 38.5 Å². The van der Waals surface area contributed by atoms with Gasteiger partial charge in [-0.15, -0.1) is 0 Å². The first kappa shape index (κ1) is 22.6. The van der Waals surface area contributed by atoms with Gasteiger partial charge in [0, 0.05) is 31.1 Å². The molecule has 0 saturated heterocycles. The molecule has 0 radical (unpaired) electrons. The maximum Gasteiger partial charge on any atom is 0.419 e. The smallest absolute Gasteiger partial charge is 0.419 e. The van der Waals surface area contributed by atoms with Crippen LogP contribution in [0.4, 0.5) is 13.6 Å². The number of hydrogen-bond donors (Lipinski definition) is 0. The van der Waals surface area contributed by atoms with Crippen molar-refractivity contribution in [1.82, 2.24) is 9.47 Å². The SMILES string of the molecule is CC(C)(C)OC(=O)n1c(-c2c(F)cccc2F)cc2c1CCN(C(=S)CC(=O)C1CC1)C2. The Hall–Kier alpha value is -2.61. The molecular formula is C24H26F2N2O3S. The van der Waals surface area contributed by atoms with Crippen LogP contribution in [0.1, 0.15) is 51.3 Å². The standard InChI is InChI=1S/C24H26F2N2O3S/c1-24(2,3)31-23(30)28-18-9-10-27(21(32)12-20(29)14-7-8-14)13-15(18)11-19(28)22-16(25)5-4-6-17(22)26/h4-6,11,14H,7-10,12-13H2,1-3H3. The minimum absolute atomic E-state index is 0.113. The topological polar surface area (TPSA) is 51.5 Å². The van der Waals surface area contributed by atoms with Gasteiger partial charge in [0.15, 0.2) is 0 Å². The molecule has 0 spiro atoms. The van der Waals surface area contributed by atoms with Crippen LogP contribution in [0.5, 0.6) is 0 Å². The molecule has 0 amide bonds. The summed E-state index contributed by atoms with van der Waals surface area (Å²) in [6, 6.07) is 5.23. The summed E-state index contributed by atoms with van der Waals surface area (Å²) >= 11 is 5.51. The summed E-state index contributed by atoms with van der Waals surface area (Å²) in [6.45, 7) is 6.09. The molecule has 1 aliphatic carbocycles. The van der Waals surface area contributed by atoms with Gasteiger partial charge < -0.3 is 9.64 Å². The van der Waals surface area contributed by atoms with Gasteiger partial charge in [0.2, 0.25) is 0 Å². The molecule has 1 aromatic carbocycles. The van der Waals surface area contributed by atoms with Crippen LogP contribution in [0.2, 0.25) is 0 Å². The fraction of sp³-hybridized carbons (Fsp3) is 0.458. The van der Waals surface area contributed by atoms with Gasteiger partial charge in [-0.2, -0.15) is 0 Å². The molecule has 0 atom stereocenters. The molecule has 1 aliphatic heterocycles. The molecule has 8 heteroatoms. The molecule has 0 N–H and O–H groups in total. The van der Waals surface area contributed by atoms with Crippen molar-refractivity contribution in [2.45, 2.75) is 58.6 Å². The minimum Gasteiger partial charge on any atom is -0.443 e. The maximum absolute atomic E-state index is 14.6. The first-order valence-corrected chi connectivity index (χ1v) is 11.2. The molecule has 2 aliphatic rings. The van der Waals surface area contributed by atoms with E-state index < -0.39 is 23.3 Å². The third-order valence-corrected chi connectivity index (χ3v) is 6.08. The van der Waals surface area contributed by atoms with Crippen LogP contribution in [0.25, 0.3) is 11.3 Å². The normalized spacial score (nSPS) is 16.0. The number of nitrogens with zero attached hydrogens (tertiary/aromatic N) is 2. The summed E-state index contributed by atoms with van der Waals surface area (Å²) in [5.41, 5.74) is 0.447. The van der Waals surface area contributed by atoms with Gasteiger partial charge in [-0.1, -0.05) is 18.3 Å². The largest absolute Gasteiger partial charge is 0.443 e. The molecular weight excluding hydrogens is 434 g/mol. The number of thiocarbonyl (C=S) groups is 1. The Bertz CT molecular complexity index is 1080. The summed E-state index contributed by atoms with van der Waals surface area (Å²) in [7, 11) is 0. The van der Waals surface area contributed by atoms with Crippen molar-refractivity contribution in [2.75, 3.05) is 6.54 Å². The van der Waals surface area contributed by atoms with Crippen molar-refractivity contribution in [1.29, 1.82) is 0 Å². The fourth-order valence-corrected chi connectivity index (χ4v) is 4.30. The van der Waals surface area contributed by atoms with Gasteiger partial charge in [-0.3, -0.25) is 4.79 Å². The van der Waals surface area contributed by atoms with Crippen LogP contribution in [0.15, 0.2) is 24.3 Å². The van der Waals surface area contributed by atoms with Gasteiger partial charge in [-0.05, 0) is 57.4 Å². The second kappa shape index (κ2) is 8.39. The number of ketones is 1. The summed E-state index contributed by atoms with van der Waals surface area (Å²) in [6.07, 6.45) is 1.85. The van der Waals surface area contributed by atoms with Gasteiger partial charge in [0.1, 0.15) is 23.0 Å². The molecule has 2 heterocycles. The second-order valence-electron chi connectivity index (χ2n) is 9.40.